The van der Waals surface area contributed by atoms with Crippen molar-refractivity contribution in [2.24, 2.45) is 5.92 Å². The van der Waals surface area contributed by atoms with E-state index >= 15 is 0 Å². The fourth-order valence-corrected chi connectivity index (χ4v) is 3.27. The molecule has 1 N–H and O–H groups in total. The predicted octanol–water partition coefficient (Wildman–Crippen LogP) is 3.57. The molecule has 2 aromatic rings. The summed E-state index contributed by atoms with van der Waals surface area (Å²) in [4.78, 5) is 18.3. The van der Waals surface area contributed by atoms with E-state index in [4.69, 9.17) is 0 Å². The zero-order valence-corrected chi connectivity index (χ0v) is 12.3. The van der Waals surface area contributed by atoms with Crippen LogP contribution in [0.15, 0.2) is 17.5 Å². The zero-order chi connectivity index (χ0) is 13.1. The van der Waals surface area contributed by atoms with Crippen molar-refractivity contribution in [3.05, 3.63) is 28.1 Å². The Kier molecular flexibility index (Phi) is 4.14. The first-order valence-electron chi connectivity index (χ1n) is 5.87. The average molecular weight is 280 g/mol. The molecule has 0 radical (unpaired) electrons. The maximum atomic E-state index is 12.0. The van der Waals surface area contributed by atoms with Gasteiger partial charge >= 0.3 is 0 Å². The normalized spacial score (nSPS) is 10.9. The zero-order valence-electron chi connectivity index (χ0n) is 10.7. The second-order valence-corrected chi connectivity index (χ2v) is 6.46. The molecule has 3 nitrogen and oxygen atoms in total. The Bertz CT molecular complexity index is 529. The maximum Gasteiger partial charge on any atom is 0.263 e. The molecule has 0 spiro atoms. The van der Waals surface area contributed by atoms with Gasteiger partial charge in [-0.15, -0.1) is 22.7 Å². The summed E-state index contributed by atoms with van der Waals surface area (Å²) in [6, 6.07) is 4.02. The molecular formula is C13H16N2OS2. The first-order chi connectivity index (χ1) is 8.58. The van der Waals surface area contributed by atoms with Gasteiger partial charge < -0.3 is 5.32 Å². The molecule has 0 saturated carbocycles. The van der Waals surface area contributed by atoms with Crippen LogP contribution in [0.3, 0.4) is 0 Å². The van der Waals surface area contributed by atoms with Gasteiger partial charge in [-0.3, -0.25) is 4.79 Å². The SMILES string of the molecule is Cc1nc(-c2cccs2)sc1C(=O)NCC(C)C. The van der Waals surface area contributed by atoms with Gasteiger partial charge in [0.05, 0.1) is 10.6 Å². The van der Waals surface area contributed by atoms with E-state index in [1.165, 1.54) is 11.3 Å². The van der Waals surface area contributed by atoms with Crippen molar-refractivity contribution in [3.8, 4) is 9.88 Å². The number of thiazole rings is 1. The Balaban J connectivity index is 2.17. The minimum absolute atomic E-state index is 0.0125. The van der Waals surface area contributed by atoms with E-state index in [1.54, 1.807) is 11.3 Å². The standard InChI is InChI=1S/C13H16N2OS2/c1-8(2)7-14-12(16)11-9(3)15-13(18-11)10-5-4-6-17-10/h4-6,8H,7H2,1-3H3,(H,14,16). The number of hydrogen-bond donors (Lipinski definition) is 1. The van der Waals surface area contributed by atoms with Gasteiger partial charge in [-0.25, -0.2) is 4.98 Å². The monoisotopic (exact) mass is 280 g/mol. The minimum Gasteiger partial charge on any atom is -0.351 e. The van der Waals surface area contributed by atoms with Gasteiger partial charge in [0.1, 0.15) is 9.88 Å². The van der Waals surface area contributed by atoms with Crippen LogP contribution in [0.1, 0.15) is 29.2 Å². The Hall–Kier alpha value is -1.20. The second-order valence-electron chi connectivity index (χ2n) is 4.51. The summed E-state index contributed by atoms with van der Waals surface area (Å²) in [6.07, 6.45) is 0. The molecule has 0 fully saturated rings. The van der Waals surface area contributed by atoms with Gasteiger partial charge in [-0.1, -0.05) is 19.9 Å². The molecule has 2 rings (SSSR count). The molecule has 0 aromatic carbocycles. The summed E-state index contributed by atoms with van der Waals surface area (Å²) in [7, 11) is 0. The lowest BCUT2D eigenvalue weighted by Gasteiger charge is -2.05. The smallest absolute Gasteiger partial charge is 0.263 e. The number of carbonyl (C=O) groups is 1. The van der Waals surface area contributed by atoms with Crippen molar-refractivity contribution in [2.45, 2.75) is 20.8 Å². The summed E-state index contributed by atoms with van der Waals surface area (Å²) in [6.45, 7) is 6.75. The average Bonchev–Trinajstić information content (AvgIpc) is 2.94. The molecule has 0 aliphatic heterocycles. The van der Waals surface area contributed by atoms with E-state index in [0.717, 1.165) is 20.5 Å². The summed E-state index contributed by atoms with van der Waals surface area (Å²) in [5, 5.41) is 5.88. The maximum absolute atomic E-state index is 12.0. The van der Waals surface area contributed by atoms with Crippen LogP contribution in [0.4, 0.5) is 0 Å². The van der Waals surface area contributed by atoms with Crippen LogP contribution in [-0.4, -0.2) is 17.4 Å². The van der Waals surface area contributed by atoms with Gasteiger partial charge in [-0.05, 0) is 24.3 Å². The molecule has 0 aliphatic carbocycles. The Morgan fingerprint density at radius 3 is 2.89 bits per heavy atom. The third-order valence-electron chi connectivity index (χ3n) is 2.41. The van der Waals surface area contributed by atoms with Crippen LogP contribution in [0, 0.1) is 12.8 Å². The Labute approximate surface area is 115 Å². The first-order valence-corrected chi connectivity index (χ1v) is 7.57. The third kappa shape index (κ3) is 2.97. The molecule has 0 atom stereocenters. The van der Waals surface area contributed by atoms with Crippen LogP contribution < -0.4 is 5.32 Å². The quantitative estimate of drug-likeness (QED) is 0.930. The molecule has 96 valence electrons. The number of nitrogens with zero attached hydrogens (tertiary/aromatic N) is 1. The number of aromatic nitrogens is 1. The summed E-state index contributed by atoms with van der Waals surface area (Å²) >= 11 is 3.11. The van der Waals surface area contributed by atoms with Crippen molar-refractivity contribution < 1.29 is 4.79 Å². The molecule has 0 saturated heterocycles. The highest BCUT2D eigenvalue weighted by Gasteiger charge is 2.16. The Morgan fingerprint density at radius 1 is 1.50 bits per heavy atom. The van der Waals surface area contributed by atoms with E-state index in [9.17, 15) is 4.79 Å². The number of hydrogen-bond acceptors (Lipinski definition) is 4. The predicted molar refractivity (Wildman–Crippen MR) is 77.3 cm³/mol. The molecule has 0 unspecified atom stereocenters. The highest BCUT2D eigenvalue weighted by molar-refractivity contribution is 7.22. The van der Waals surface area contributed by atoms with E-state index in [1.807, 2.05) is 24.4 Å². The van der Waals surface area contributed by atoms with Gasteiger partial charge in [0.25, 0.3) is 5.91 Å². The van der Waals surface area contributed by atoms with Crippen LogP contribution in [0.5, 0.6) is 0 Å². The molecule has 18 heavy (non-hydrogen) atoms. The van der Waals surface area contributed by atoms with Crippen LogP contribution >= 0.6 is 22.7 Å². The number of aryl methyl sites for hydroxylation is 1. The van der Waals surface area contributed by atoms with Crippen LogP contribution in [-0.2, 0) is 0 Å². The van der Waals surface area contributed by atoms with Crippen LogP contribution in [0.2, 0.25) is 0 Å². The summed E-state index contributed by atoms with van der Waals surface area (Å²) < 4.78 is 0. The number of amides is 1. The van der Waals surface area contributed by atoms with Crippen molar-refractivity contribution in [3.63, 3.8) is 0 Å². The lowest BCUT2D eigenvalue weighted by molar-refractivity contribution is 0.0952. The fraction of sp³-hybridized carbons (Fsp3) is 0.385. The molecule has 0 bridgehead atoms. The minimum atomic E-state index is -0.0125. The highest BCUT2D eigenvalue weighted by atomic mass is 32.1. The van der Waals surface area contributed by atoms with Crippen molar-refractivity contribution in [2.75, 3.05) is 6.54 Å². The number of carbonyl (C=O) groups excluding carboxylic acids is 1. The van der Waals surface area contributed by atoms with E-state index in [2.05, 4.69) is 24.1 Å². The molecule has 2 heterocycles. The first kappa shape index (κ1) is 13.2. The number of nitrogens with one attached hydrogen (secondary N) is 1. The third-order valence-corrected chi connectivity index (χ3v) is 4.60. The van der Waals surface area contributed by atoms with Gasteiger partial charge in [0.2, 0.25) is 0 Å². The summed E-state index contributed by atoms with van der Waals surface area (Å²) in [5.74, 6) is 0.445. The highest BCUT2D eigenvalue weighted by Crippen LogP contribution is 2.30. The van der Waals surface area contributed by atoms with E-state index in [-0.39, 0.29) is 5.91 Å². The lowest BCUT2D eigenvalue weighted by Crippen LogP contribution is -2.27. The molecule has 1 amide bonds. The van der Waals surface area contributed by atoms with Gasteiger partial charge in [-0.2, -0.15) is 0 Å². The number of thiophene rings is 1. The largest absolute Gasteiger partial charge is 0.351 e. The molecule has 2 aromatic heterocycles. The topological polar surface area (TPSA) is 42.0 Å². The molecular weight excluding hydrogens is 264 g/mol. The lowest BCUT2D eigenvalue weighted by atomic mass is 10.2. The summed E-state index contributed by atoms with van der Waals surface area (Å²) in [5.41, 5.74) is 0.810. The second kappa shape index (κ2) is 5.63. The van der Waals surface area contributed by atoms with Crippen molar-refractivity contribution in [1.29, 1.82) is 0 Å². The van der Waals surface area contributed by atoms with Crippen molar-refractivity contribution >= 4 is 28.6 Å². The Morgan fingerprint density at radius 2 is 2.28 bits per heavy atom. The van der Waals surface area contributed by atoms with Crippen molar-refractivity contribution in [1.82, 2.24) is 10.3 Å². The van der Waals surface area contributed by atoms with E-state index in [0.29, 0.717) is 12.5 Å². The molecule has 5 heteroatoms. The van der Waals surface area contributed by atoms with Gasteiger partial charge in [0.15, 0.2) is 0 Å². The fourth-order valence-electron chi connectivity index (χ4n) is 1.49. The van der Waals surface area contributed by atoms with E-state index < -0.39 is 0 Å². The molecule has 0 aliphatic rings. The van der Waals surface area contributed by atoms with Crippen LogP contribution in [0.25, 0.3) is 9.88 Å². The number of rotatable bonds is 4. The van der Waals surface area contributed by atoms with Gasteiger partial charge in [0, 0.05) is 6.54 Å².